The second kappa shape index (κ2) is 8.28. The number of rotatable bonds is 6. The number of hydrogen-bond acceptors (Lipinski definition) is 3. The van der Waals surface area contributed by atoms with Crippen LogP contribution in [0.25, 0.3) is 0 Å². The van der Waals surface area contributed by atoms with Crippen molar-refractivity contribution in [2.45, 2.75) is 20.8 Å². The summed E-state index contributed by atoms with van der Waals surface area (Å²) in [6.07, 6.45) is 0. The van der Waals surface area contributed by atoms with E-state index in [0.717, 1.165) is 16.7 Å². The Morgan fingerprint density at radius 1 is 0.538 bits per heavy atom. The molecule has 0 atom stereocenters. The van der Waals surface area contributed by atoms with Crippen LogP contribution < -0.4 is 8.44 Å². The Kier molecular flexibility index (Phi) is 6.06. The first-order chi connectivity index (χ1) is 12.5. The van der Waals surface area contributed by atoms with Gasteiger partial charge in [-0.3, -0.25) is 0 Å². The van der Waals surface area contributed by atoms with Crippen LogP contribution in [-0.4, -0.2) is 0 Å². The van der Waals surface area contributed by atoms with Gasteiger partial charge >= 0.3 is 165 Å². The fourth-order valence-corrected chi connectivity index (χ4v) is 7.88. The summed E-state index contributed by atoms with van der Waals surface area (Å²) in [6.45, 7) is 5.92. The van der Waals surface area contributed by atoms with Crippen molar-refractivity contribution in [1.29, 1.82) is 0 Å². The first-order valence-electron chi connectivity index (χ1n) is 8.40. The van der Waals surface area contributed by atoms with Crippen LogP contribution in [0.1, 0.15) is 16.7 Å². The molecule has 0 radical (unpaired) electrons. The van der Waals surface area contributed by atoms with E-state index in [-0.39, 0.29) is 0 Å². The Morgan fingerprint density at radius 2 is 0.808 bits per heavy atom. The average Bonchev–Trinajstić information content (AvgIpc) is 2.61. The Hall–Kier alpha value is -1.77. The monoisotopic (exact) mass is 446 g/mol. The van der Waals surface area contributed by atoms with E-state index in [4.69, 9.17) is 17.0 Å². The molecule has 0 aliphatic rings. The van der Waals surface area contributed by atoms with Gasteiger partial charge in [-0.2, -0.15) is 0 Å². The van der Waals surface area contributed by atoms with Gasteiger partial charge in [0, 0.05) is 0 Å². The van der Waals surface area contributed by atoms with Crippen molar-refractivity contribution in [1.82, 2.24) is 0 Å². The van der Waals surface area contributed by atoms with Crippen molar-refractivity contribution in [2.24, 2.45) is 0 Å². The second-order valence-corrected chi connectivity index (χ2v) is 12.7. The predicted molar refractivity (Wildman–Crippen MR) is 101 cm³/mol. The fourth-order valence-electron chi connectivity index (χ4n) is 2.47. The van der Waals surface area contributed by atoms with Crippen LogP contribution in [0.15, 0.2) is 72.8 Å². The van der Waals surface area contributed by atoms with E-state index < -0.39 is 20.4 Å². The number of halogens is 1. The van der Waals surface area contributed by atoms with Gasteiger partial charge in [-0.15, -0.1) is 0 Å². The van der Waals surface area contributed by atoms with Crippen LogP contribution in [-0.2, 0) is 20.4 Å². The summed E-state index contributed by atoms with van der Waals surface area (Å²) in [4.78, 5) is 0. The van der Waals surface area contributed by atoms with Gasteiger partial charge in [0.05, 0.1) is 0 Å². The molecule has 0 amide bonds. The molecule has 0 saturated heterocycles. The van der Waals surface area contributed by atoms with Gasteiger partial charge in [-0.05, 0) is 0 Å². The molecule has 0 bridgehead atoms. The Morgan fingerprint density at radius 3 is 1.08 bits per heavy atom. The molecule has 0 saturated carbocycles. The van der Waals surface area contributed by atoms with Gasteiger partial charge in [0.1, 0.15) is 0 Å². The molecule has 0 fully saturated rings. The third-order valence-corrected chi connectivity index (χ3v) is 8.77. The molecule has 26 heavy (non-hydrogen) atoms. The fraction of sp³-hybridized carbons (Fsp3) is 0.143. The second-order valence-electron chi connectivity index (χ2n) is 6.08. The molecule has 3 rings (SSSR count). The molecule has 0 heterocycles. The summed E-state index contributed by atoms with van der Waals surface area (Å²) < 4.78 is 18.5. The molecular weight excluding hydrogens is 427 g/mol. The maximum atomic E-state index is 6.90. The molecule has 3 nitrogen and oxygen atoms in total. The first-order valence-corrected chi connectivity index (χ1v) is 14.6. The van der Waals surface area contributed by atoms with Gasteiger partial charge < -0.3 is 0 Å². The SMILES string of the molecule is Cc1ccccc1[O][Zr]([Cl])([O]c1ccccc1C)[O]c1ccccc1C. The molecular formula is C21H21ClO3Zr. The molecule has 134 valence electrons. The van der Waals surface area contributed by atoms with Gasteiger partial charge in [0.25, 0.3) is 0 Å². The summed E-state index contributed by atoms with van der Waals surface area (Å²) in [5, 5.41) is 0. The normalized spacial score (nSPS) is 11.1. The topological polar surface area (TPSA) is 27.7 Å². The molecule has 3 aromatic rings. The molecule has 5 heteroatoms. The Labute approximate surface area is 164 Å². The molecule has 0 aliphatic heterocycles. The number of hydrogen-bond donors (Lipinski definition) is 0. The van der Waals surface area contributed by atoms with Crippen molar-refractivity contribution in [2.75, 3.05) is 0 Å². The Balaban J connectivity index is 1.96. The van der Waals surface area contributed by atoms with Gasteiger partial charge in [0.15, 0.2) is 0 Å². The standard InChI is InChI=1S/3C7H8O.ClH.Zr/c3*1-6-4-2-3-5-7(6)8;;/h3*2-5,8H,1H3;1H;/q;;;;+4/p-4. The molecule has 0 spiro atoms. The van der Waals surface area contributed by atoms with Gasteiger partial charge in [-0.1, -0.05) is 0 Å². The molecule has 3 aromatic carbocycles. The van der Waals surface area contributed by atoms with E-state index in [9.17, 15) is 0 Å². The van der Waals surface area contributed by atoms with Crippen LogP contribution in [0.4, 0.5) is 0 Å². The van der Waals surface area contributed by atoms with Crippen molar-refractivity contribution in [3.05, 3.63) is 89.5 Å². The first kappa shape index (κ1) is 19.0. The predicted octanol–water partition coefficient (Wildman–Crippen LogP) is 6.20. The summed E-state index contributed by atoms with van der Waals surface area (Å²) in [5.74, 6) is 2.04. The third-order valence-electron chi connectivity index (χ3n) is 3.98. The van der Waals surface area contributed by atoms with Crippen molar-refractivity contribution in [3.8, 4) is 17.2 Å². The zero-order valence-electron chi connectivity index (χ0n) is 15.0. The summed E-state index contributed by atoms with van der Waals surface area (Å²) >= 11 is -4.49. The van der Waals surface area contributed by atoms with Crippen molar-refractivity contribution in [3.63, 3.8) is 0 Å². The zero-order chi connectivity index (χ0) is 18.6. The van der Waals surface area contributed by atoms with Crippen LogP contribution in [0, 0.1) is 20.8 Å². The maximum absolute atomic E-state index is 6.90. The minimum atomic E-state index is -4.49. The Bertz CT molecular complexity index is 782. The van der Waals surface area contributed by atoms with Gasteiger partial charge in [-0.25, -0.2) is 0 Å². The minimum absolute atomic E-state index is 0.681. The zero-order valence-corrected chi connectivity index (χ0v) is 18.2. The molecule has 0 unspecified atom stereocenters. The number of para-hydroxylation sites is 3. The molecule has 0 N–H and O–H groups in total. The summed E-state index contributed by atoms with van der Waals surface area (Å²) in [6, 6.07) is 23.2. The summed E-state index contributed by atoms with van der Waals surface area (Å²) in [7, 11) is 6.90. The summed E-state index contributed by atoms with van der Waals surface area (Å²) in [5.41, 5.74) is 2.95. The third kappa shape index (κ3) is 4.69. The van der Waals surface area contributed by atoms with E-state index in [0.29, 0.717) is 17.2 Å². The van der Waals surface area contributed by atoms with Crippen LogP contribution in [0.2, 0.25) is 0 Å². The number of aryl methyl sites for hydroxylation is 3. The molecule has 0 aliphatic carbocycles. The van der Waals surface area contributed by atoms with E-state index in [2.05, 4.69) is 0 Å². The van der Waals surface area contributed by atoms with Crippen molar-refractivity contribution >= 4 is 8.51 Å². The molecule has 0 aromatic heterocycles. The van der Waals surface area contributed by atoms with Crippen LogP contribution >= 0.6 is 8.51 Å². The van der Waals surface area contributed by atoms with Crippen LogP contribution in [0.3, 0.4) is 0 Å². The van der Waals surface area contributed by atoms with E-state index in [1.54, 1.807) is 0 Å². The van der Waals surface area contributed by atoms with E-state index in [1.165, 1.54) is 0 Å². The van der Waals surface area contributed by atoms with E-state index >= 15 is 0 Å². The van der Waals surface area contributed by atoms with Crippen molar-refractivity contribution < 1.29 is 28.8 Å². The van der Waals surface area contributed by atoms with E-state index in [1.807, 2.05) is 93.6 Å². The van der Waals surface area contributed by atoms with Gasteiger partial charge in [0.2, 0.25) is 0 Å². The average molecular weight is 448 g/mol. The number of benzene rings is 3. The van der Waals surface area contributed by atoms with Crippen LogP contribution in [0.5, 0.6) is 17.2 Å². The quantitative estimate of drug-likeness (QED) is 0.450.